The maximum absolute atomic E-state index is 12.6. The van der Waals surface area contributed by atoms with E-state index < -0.39 is 0 Å². The lowest BCUT2D eigenvalue weighted by molar-refractivity contribution is -0.119. The van der Waals surface area contributed by atoms with E-state index in [2.05, 4.69) is 59.0 Å². The Bertz CT molecular complexity index is 567. The molecule has 96 valence electrons. The van der Waals surface area contributed by atoms with Gasteiger partial charge in [0.2, 0.25) is 5.91 Å². The van der Waals surface area contributed by atoms with Gasteiger partial charge in [-0.3, -0.25) is 4.79 Å². The minimum Gasteiger partial charge on any atom is -0.325 e. The third-order valence-electron chi connectivity index (χ3n) is 5.84. The van der Waals surface area contributed by atoms with E-state index in [0.717, 1.165) is 5.69 Å². The summed E-state index contributed by atoms with van der Waals surface area (Å²) in [5.41, 5.74) is 4.34. The molecule has 2 aliphatic rings. The quantitative estimate of drug-likeness (QED) is 0.741. The van der Waals surface area contributed by atoms with E-state index in [-0.39, 0.29) is 22.2 Å². The van der Waals surface area contributed by atoms with Gasteiger partial charge >= 0.3 is 0 Å². The molecule has 18 heavy (non-hydrogen) atoms. The Hall–Kier alpha value is -1.31. The number of anilines is 1. The number of hydrogen-bond donors (Lipinski definition) is 1. The lowest BCUT2D eigenvalue weighted by Crippen LogP contribution is -2.26. The van der Waals surface area contributed by atoms with Crippen LogP contribution in [0.15, 0.2) is 12.1 Å². The lowest BCUT2D eigenvalue weighted by atomic mass is 9.86. The second kappa shape index (κ2) is 2.81. The van der Waals surface area contributed by atoms with E-state index in [1.54, 1.807) is 0 Å². The Morgan fingerprint density at radius 3 is 2.06 bits per heavy atom. The predicted molar refractivity (Wildman–Crippen MR) is 73.8 cm³/mol. The summed E-state index contributed by atoms with van der Waals surface area (Å²) in [4.78, 5) is 12.6. The van der Waals surface area contributed by atoms with E-state index in [4.69, 9.17) is 0 Å². The van der Waals surface area contributed by atoms with Crippen molar-refractivity contribution in [3.05, 3.63) is 28.8 Å². The molecule has 1 aromatic carbocycles. The average Bonchev–Trinajstić information content (AvgIpc) is 2.50. The molecule has 3 rings (SSSR count). The Kier molecular flexibility index (Phi) is 1.84. The van der Waals surface area contributed by atoms with E-state index >= 15 is 0 Å². The van der Waals surface area contributed by atoms with Gasteiger partial charge in [0.15, 0.2) is 0 Å². The highest BCUT2D eigenvalue weighted by Gasteiger charge is 2.83. The van der Waals surface area contributed by atoms with Crippen molar-refractivity contribution in [3.63, 3.8) is 0 Å². The van der Waals surface area contributed by atoms with Crippen molar-refractivity contribution in [3.8, 4) is 0 Å². The average molecular weight is 243 g/mol. The van der Waals surface area contributed by atoms with Crippen LogP contribution in [-0.2, 0) is 10.2 Å². The van der Waals surface area contributed by atoms with Crippen LogP contribution < -0.4 is 5.32 Å². The normalized spacial score (nSPS) is 24.9. The third-order valence-corrected chi connectivity index (χ3v) is 5.84. The molecule has 0 unspecified atom stereocenters. The fourth-order valence-electron chi connectivity index (χ4n) is 4.31. The number of benzene rings is 1. The summed E-state index contributed by atoms with van der Waals surface area (Å²) < 4.78 is 0. The van der Waals surface area contributed by atoms with Crippen molar-refractivity contribution in [1.82, 2.24) is 0 Å². The molecular formula is C16H21NO. The molecule has 1 fully saturated rings. The van der Waals surface area contributed by atoms with Gasteiger partial charge in [0.1, 0.15) is 0 Å². The van der Waals surface area contributed by atoms with E-state index in [1.807, 2.05) is 0 Å². The van der Waals surface area contributed by atoms with E-state index in [9.17, 15) is 4.79 Å². The Morgan fingerprint density at radius 2 is 1.56 bits per heavy atom. The van der Waals surface area contributed by atoms with Crippen molar-refractivity contribution in [1.29, 1.82) is 0 Å². The first-order valence-electron chi connectivity index (χ1n) is 6.61. The topological polar surface area (TPSA) is 29.1 Å². The fraction of sp³-hybridized carbons (Fsp3) is 0.562. The van der Waals surface area contributed by atoms with Crippen LogP contribution >= 0.6 is 0 Å². The van der Waals surface area contributed by atoms with Crippen LogP contribution in [0.1, 0.15) is 44.4 Å². The zero-order valence-corrected chi connectivity index (χ0v) is 12.1. The van der Waals surface area contributed by atoms with Crippen molar-refractivity contribution in [2.45, 2.75) is 47.0 Å². The van der Waals surface area contributed by atoms with Gasteiger partial charge in [0.25, 0.3) is 0 Å². The summed E-state index contributed by atoms with van der Waals surface area (Å²) in [7, 11) is 0. The first-order valence-corrected chi connectivity index (χ1v) is 6.61. The molecule has 1 amide bonds. The molecule has 0 aromatic heterocycles. The van der Waals surface area contributed by atoms with E-state index in [1.165, 1.54) is 16.7 Å². The van der Waals surface area contributed by atoms with Crippen LogP contribution in [0.4, 0.5) is 5.69 Å². The van der Waals surface area contributed by atoms with Crippen LogP contribution in [0.3, 0.4) is 0 Å². The molecule has 1 saturated carbocycles. The number of hydrogen-bond acceptors (Lipinski definition) is 1. The summed E-state index contributed by atoms with van der Waals surface area (Å²) in [5, 5.41) is 3.12. The van der Waals surface area contributed by atoms with Crippen LogP contribution in [0.2, 0.25) is 0 Å². The first-order chi connectivity index (χ1) is 8.18. The van der Waals surface area contributed by atoms with Crippen molar-refractivity contribution >= 4 is 11.6 Å². The lowest BCUT2D eigenvalue weighted by Gasteiger charge is -2.14. The van der Waals surface area contributed by atoms with Gasteiger partial charge in [-0.2, -0.15) is 0 Å². The van der Waals surface area contributed by atoms with Gasteiger partial charge in [-0.1, -0.05) is 45.4 Å². The Labute approximate surface area is 109 Å². The highest BCUT2D eigenvalue weighted by Crippen LogP contribution is 2.80. The summed E-state index contributed by atoms with van der Waals surface area (Å²) >= 11 is 0. The summed E-state index contributed by atoms with van der Waals surface area (Å²) in [6.07, 6.45) is 0. The summed E-state index contributed by atoms with van der Waals surface area (Å²) in [6, 6.07) is 4.33. The first kappa shape index (κ1) is 11.8. The molecule has 1 N–H and O–H groups in total. The van der Waals surface area contributed by atoms with Gasteiger partial charge in [-0.25, -0.2) is 0 Å². The van der Waals surface area contributed by atoms with Crippen LogP contribution in [0.25, 0.3) is 0 Å². The maximum Gasteiger partial charge on any atom is 0.236 e. The fourth-order valence-corrected chi connectivity index (χ4v) is 4.31. The number of carbonyl (C=O) groups is 1. The SMILES string of the molecule is Cc1cc(C)c2c(c1)C1(C(=O)N2)C(C)(C)C1(C)C. The molecule has 0 atom stereocenters. The van der Waals surface area contributed by atoms with Crippen molar-refractivity contribution in [2.24, 2.45) is 10.8 Å². The molecular weight excluding hydrogens is 222 g/mol. The maximum atomic E-state index is 12.6. The smallest absolute Gasteiger partial charge is 0.236 e. The van der Waals surface area contributed by atoms with Gasteiger partial charge in [-0.05, 0) is 35.8 Å². The Balaban J connectivity index is 2.34. The second-order valence-electron chi connectivity index (χ2n) is 6.96. The molecule has 1 aliphatic carbocycles. The summed E-state index contributed by atoms with van der Waals surface area (Å²) in [5.74, 6) is 0.182. The number of aryl methyl sites for hydroxylation is 2. The number of nitrogens with one attached hydrogen (secondary N) is 1. The van der Waals surface area contributed by atoms with E-state index in [0.29, 0.717) is 0 Å². The van der Waals surface area contributed by atoms with Gasteiger partial charge in [0.05, 0.1) is 5.41 Å². The number of carbonyl (C=O) groups excluding carboxylic acids is 1. The van der Waals surface area contributed by atoms with Crippen molar-refractivity contribution < 1.29 is 4.79 Å². The second-order valence-corrected chi connectivity index (χ2v) is 6.96. The highest BCUT2D eigenvalue weighted by molar-refractivity contribution is 6.11. The molecule has 1 aromatic rings. The number of rotatable bonds is 0. The van der Waals surface area contributed by atoms with Gasteiger partial charge in [0, 0.05) is 5.69 Å². The molecule has 0 bridgehead atoms. The van der Waals surface area contributed by atoms with Crippen LogP contribution in [-0.4, -0.2) is 5.91 Å². The van der Waals surface area contributed by atoms with Crippen LogP contribution in [0, 0.1) is 24.7 Å². The summed E-state index contributed by atoms with van der Waals surface area (Å²) in [6.45, 7) is 13.0. The molecule has 0 saturated heterocycles. The minimum absolute atomic E-state index is 0.00949. The predicted octanol–water partition coefficient (Wildman–Crippen LogP) is 3.56. The van der Waals surface area contributed by atoms with Gasteiger partial charge < -0.3 is 5.32 Å². The number of amides is 1. The largest absolute Gasteiger partial charge is 0.325 e. The van der Waals surface area contributed by atoms with Gasteiger partial charge in [-0.15, -0.1) is 0 Å². The minimum atomic E-state index is -0.341. The van der Waals surface area contributed by atoms with Crippen LogP contribution in [0.5, 0.6) is 0 Å². The molecule has 1 heterocycles. The Morgan fingerprint density at radius 1 is 1.00 bits per heavy atom. The molecule has 1 aliphatic heterocycles. The molecule has 2 heteroatoms. The monoisotopic (exact) mass is 243 g/mol. The highest BCUT2D eigenvalue weighted by atomic mass is 16.2. The number of fused-ring (bicyclic) bond motifs is 2. The molecule has 2 nitrogen and oxygen atoms in total. The van der Waals surface area contributed by atoms with Crippen molar-refractivity contribution in [2.75, 3.05) is 5.32 Å². The third kappa shape index (κ3) is 0.888. The molecule has 0 radical (unpaired) electrons. The standard InChI is InChI=1S/C16H21NO/c1-9-7-10(2)12-11(8-9)16(13(18)17-12)14(3,4)15(16,5)6/h7-8H,1-6H3,(H,17,18). The molecule has 1 spiro atoms. The zero-order valence-electron chi connectivity index (χ0n) is 12.1. The zero-order chi connectivity index (χ0) is 13.5.